The highest BCUT2D eigenvalue weighted by Crippen LogP contribution is 2.60. The average molecular weight is 250 g/mol. The van der Waals surface area contributed by atoms with Crippen molar-refractivity contribution in [1.82, 2.24) is 0 Å². The molecule has 1 rings (SSSR count). The fourth-order valence-corrected chi connectivity index (χ4v) is 2.03. The van der Waals surface area contributed by atoms with Gasteiger partial charge in [0.15, 0.2) is 0 Å². The predicted molar refractivity (Wildman–Crippen MR) is 57.2 cm³/mol. The monoisotopic (exact) mass is 250 g/mol. The summed E-state index contributed by atoms with van der Waals surface area (Å²) in [6.07, 6.45) is -3.18. The molecule has 0 N–H and O–H groups in total. The van der Waals surface area contributed by atoms with E-state index in [1.54, 1.807) is 20.8 Å². The first-order valence-corrected chi connectivity index (χ1v) is 5.54. The summed E-state index contributed by atoms with van der Waals surface area (Å²) in [7, 11) is 0. The van der Waals surface area contributed by atoms with Crippen molar-refractivity contribution in [3.63, 3.8) is 0 Å². The zero-order valence-electron chi connectivity index (χ0n) is 10.4. The standard InChI is InChI=1S/C12H17F3O2/c1-5-17-10(16)9-8(11(9,3)4)6-7(2)12(13,14)15/h6,8-9H,5H2,1-4H3. The molecule has 2 unspecified atom stereocenters. The molecular weight excluding hydrogens is 233 g/mol. The van der Waals surface area contributed by atoms with Crippen LogP contribution in [0.4, 0.5) is 13.2 Å². The van der Waals surface area contributed by atoms with Gasteiger partial charge in [-0.15, -0.1) is 0 Å². The fraction of sp³-hybridized carbons (Fsp3) is 0.750. The molecule has 1 aliphatic rings. The number of carbonyl (C=O) groups is 1. The zero-order chi connectivity index (χ0) is 13.4. The van der Waals surface area contributed by atoms with Crippen LogP contribution in [0, 0.1) is 17.3 Å². The molecule has 1 saturated carbocycles. The molecule has 2 nitrogen and oxygen atoms in total. The molecular formula is C12H17F3O2. The van der Waals surface area contributed by atoms with E-state index in [4.69, 9.17) is 4.74 Å². The molecule has 0 radical (unpaired) electrons. The Labute approximate surface area is 98.8 Å². The average Bonchev–Trinajstić information content (AvgIpc) is 2.67. The molecule has 0 bridgehead atoms. The van der Waals surface area contributed by atoms with E-state index in [1.165, 1.54) is 0 Å². The predicted octanol–water partition coefficient (Wildman–Crippen LogP) is 3.33. The Morgan fingerprint density at radius 1 is 1.41 bits per heavy atom. The molecule has 1 aliphatic carbocycles. The van der Waals surface area contributed by atoms with E-state index in [-0.39, 0.29) is 12.5 Å². The maximum atomic E-state index is 12.4. The maximum Gasteiger partial charge on any atom is 0.412 e. The third-order valence-corrected chi connectivity index (χ3v) is 3.33. The van der Waals surface area contributed by atoms with Gasteiger partial charge in [-0.2, -0.15) is 13.2 Å². The van der Waals surface area contributed by atoms with Gasteiger partial charge in [0.1, 0.15) is 0 Å². The fourth-order valence-electron chi connectivity index (χ4n) is 2.03. The topological polar surface area (TPSA) is 26.3 Å². The van der Waals surface area contributed by atoms with Gasteiger partial charge in [-0.1, -0.05) is 19.9 Å². The molecule has 2 atom stereocenters. The summed E-state index contributed by atoms with van der Waals surface area (Å²) in [5, 5.41) is 0. The molecule has 1 fully saturated rings. The molecule has 0 amide bonds. The third kappa shape index (κ3) is 2.82. The number of hydrogen-bond acceptors (Lipinski definition) is 2. The van der Waals surface area contributed by atoms with Crippen LogP contribution < -0.4 is 0 Å². The van der Waals surface area contributed by atoms with Crippen molar-refractivity contribution in [3.8, 4) is 0 Å². The van der Waals surface area contributed by atoms with Crippen LogP contribution in [-0.2, 0) is 9.53 Å². The lowest BCUT2D eigenvalue weighted by molar-refractivity contribution is -0.145. The highest BCUT2D eigenvalue weighted by atomic mass is 19.4. The highest BCUT2D eigenvalue weighted by molar-refractivity contribution is 5.78. The molecule has 5 heteroatoms. The summed E-state index contributed by atoms with van der Waals surface area (Å²) in [4.78, 5) is 11.5. The van der Waals surface area contributed by atoms with E-state index in [0.29, 0.717) is 0 Å². The van der Waals surface area contributed by atoms with Gasteiger partial charge >= 0.3 is 12.1 Å². The maximum absolute atomic E-state index is 12.4. The molecule has 17 heavy (non-hydrogen) atoms. The molecule has 0 aromatic carbocycles. The van der Waals surface area contributed by atoms with Crippen molar-refractivity contribution in [2.75, 3.05) is 6.61 Å². The first-order valence-electron chi connectivity index (χ1n) is 5.54. The Morgan fingerprint density at radius 3 is 2.35 bits per heavy atom. The van der Waals surface area contributed by atoms with E-state index in [9.17, 15) is 18.0 Å². The number of halogens is 3. The summed E-state index contributed by atoms with van der Waals surface area (Å²) >= 11 is 0. The van der Waals surface area contributed by atoms with Gasteiger partial charge in [-0.25, -0.2) is 0 Å². The van der Waals surface area contributed by atoms with Crippen molar-refractivity contribution in [3.05, 3.63) is 11.6 Å². The van der Waals surface area contributed by atoms with Crippen molar-refractivity contribution in [1.29, 1.82) is 0 Å². The van der Waals surface area contributed by atoms with Gasteiger partial charge in [0.05, 0.1) is 12.5 Å². The van der Waals surface area contributed by atoms with Crippen molar-refractivity contribution in [2.24, 2.45) is 17.3 Å². The van der Waals surface area contributed by atoms with Gasteiger partial charge in [-0.05, 0) is 25.2 Å². The van der Waals surface area contributed by atoms with Gasteiger partial charge in [0, 0.05) is 5.57 Å². The minimum absolute atomic E-state index is 0.250. The van der Waals surface area contributed by atoms with Crippen LogP contribution in [0.5, 0.6) is 0 Å². The summed E-state index contributed by atoms with van der Waals surface area (Å²) in [5.41, 5.74) is -1.10. The van der Waals surface area contributed by atoms with Gasteiger partial charge in [0.25, 0.3) is 0 Å². The molecule has 0 heterocycles. The second-order valence-electron chi connectivity index (χ2n) is 4.92. The van der Waals surface area contributed by atoms with E-state index >= 15 is 0 Å². The summed E-state index contributed by atoms with van der Waals surface area (Å²) < 4.78 is 42.0. The van der Waals surface area contributed by atoms with Crippen molar-refractivity contribution < 1.29 is 22.7 Å². The molecule has 0 spiro atoms. The van der Waals surface area contributed by atoms with E-state index < -0.39 is 29.1 Å². The van der Waals surface area contributed by atoms with Crippen LogP contribution in [0.3, 0.4) is 0 Å². The van der Waals surface area contributed by atoms with Gasteiger partial charge in [0.2, 0.25) is 0 Å². The lowest BCUT2D eigenvalue weighted by Crippen LogP contribution is -2.11. The Balaban J connectivity index is 2.79. The minimum atomic E-state index is -4.32. The number of carbonyl (C=O) groups excluding carboxylic acids is 1. The molecule has 0 aromatic rings. The smallest absolute Gasteiger partial charge is 0.412 e. The Bertz CT molecular complexity index is 342. The van der Waals surface area contributed by atoms with Crippen LogP contribution in [0.25, 0.3) is 0 Å². The van der Waals surface area contributed by atoms with E-state index in [0.717, 1.165) is 13.0 Å². The van der Waals surface area contributed by atoms with E-state index in [1.807, 2.05) is 0 Å². The number of hydrogen-bond donors (Lipinski definition) is 0. The lowest BCUT2D eigenvalue weighted by atomic mass is 10.1. The number of allylic oxidation sites excluding steroid dienone is 2. The third-order valence-electron chi connectivity index (χ3n) is 3.33. The van der Waals surface area contributed by atoms with Crippen LogP contribution in [0.2, 0.25) is 0 Å². The zero-order valence-corrected chi connectivity index (χ0v) is 10.4. The molecule has 0 aromatic heterocycles. The first-order chi connectivity index (χ1) is 7.62. The normalized spacial score (nSPS) is 27.8. The van der Waals surface area contributed by atoms with Crippen LogP contribution >= 0.6 is 0 Å². The van der Waals surface area contributed by atoms with E-state index in [2.05, 4.69) is 0 Å². The van der Waals surface area contributed by atoms with Crippen LogP contribution in [-0.4, -0.2) is 18.8 Å². The summed E-state index contributed by atoms with van der Waals surface area (Å²) in [5.74, 6) is -1.25. The number of ether oxygens (including phenoxy) is 1. The van der Waals surface area contributed by atoms with Crippen molar-refractivity contribution in [2.45, 2.75) is 33.9 Å². The molecule has 0 saturated heterocycles. The molecule has 0 aliphatic heterocycles. The van der Waals surface area contributed by atoms with Gasteiger partial charge < -0.3 is 4.74 Å². The molecule has 98 valence electrons. The van der Waals surface area contributed by atoms with Crippen molar-refractivity contribution >= 4 is 5.97 Å². The second-order valence-corrected chi connectivity index (χ2v) is 4.92. The number of rotatable bonds is 3. The number of alkyl halides is 3. The first kappa shape index (κ1) is 14.1. The quantitative estimate of drug-likeness (QED) is 0.567. The summed E-state index contributed by atoms with van der Waals surface area (Å²) in [6.45, 7) is 6.51. The Hall–Kier alpha value is -1.00. The highest BCUT2D eigenvalue weighted by Gasteiger charge is 2.61. The largest absolute Gasteiger partial charge is 0.466 e. The minimum Gasteiger partial charge on any atom is -0.466 e. The Kier molecular flexibility index (Phi) is 3.60. The van der Waals surface area contributed by atoms with Gasteiger partial charge in [-0.3, -0.25) is 4.79 Å². The summed E-state index contributed by atoms with van der Waals surface area (Å²) in [6, 6.07) is 0. The second kappa shape index (κ2) is 4.35. The van der Waals surface area contributed by atoms with Crippen LogP contribution in [0.15, 0.2) is 11.6 Å². The number of esters is 1. The SMILES string of the molecule is CCOC(=O)C1C(C=C(C)C(F)(F)F)C1(C)C. The Morgan fingerprint density at radius 2 is 1.94 bits per heavy atom. The van der Waals surface area contributed by atoms with Crippen LogP contribution in [0.1, 0.15) is 27.7 Å². The lowest BCUT2D eigenvalue weighted by Gasteiger charge is -2.06.